The maximum absolute atomic E-state index is 9.05. The van der Waals surface area contributed by atoms with Crippen molar-refractivity contribution in [1.82, 2.24) is 19.6 Å². The lowest BCUT2D eigenvalue weighted by atomic mass is 10.1. The van der Waals surface area contributed by atoms with Gasteiger partial charge in [0.05, 0.1) is 33.7 Å². The highest BCUT2D eigenvalue weighted by molar-refractivity contribution is 6.33. The molecule has 3 heterocycles. The molecular formula is C14H10ClN5. The van der Waals surface area contributed by atoms with Crippen molar-refractivity contribution in [3.8, 4) is 17.3 Å². The van der Waals surface area contributed by atoms with Gasteiger partial charge >= 0.3 is 0 Å². The molecular weight excluding hydrogens is 274 g/mol. The number of hydrogen-bond donors (Lipinski definition) is 0. The number of rotatable bonds is 1. The first kappa shape index (κ1) is 12.6. The van der Waals surface area contributed by atoms with Crippen LogP contribution in [0.4, 0.5) is 0 Å². The summed E-state index contributed by atoms with van der Waals surface area (Å²) in [5.74, 6) is 0.647. The number of nitriles is 1. The molecule has 0 radical (unpaired) electrons. The molecule has 0 saturated carbocycles. The fraction of sp³-hybridized carbons (Fsp3) is 0.143. The van der Waals surface area contributed by atoms with Gasteiger partial charge in [-0.05, 0) is 26.0 Å². The molecule has 0 saturated heterocycles. The molecule has 3 rings (SSSR count). The van der Waals surface area contributed by atoms with Gasteiger partial charge in [0.2, 0.25) is 0 Å². The minimum absolute atomic E-state index is 0.479. The van der Waals surface area contributed by atoms with Gasteiger partial charge in [-0.15, -0.1) is 0 Å². The van der Waals surface area contributed by atoms with Crippen LogP contribution in [-0.2, 0) is 0 Å². The predicted molar refractivity (Wildman–Crippen MR) is 75.4 cm³/mol. The number of fused-ring (bicyclic) bond motifs is 1. The molecule has 0 aliphatic carbocycles. The van der Waals surface area contributed by atoms with Gasteiger partial charge in [-0.2, -0.15) is 10.4 Å². The molecule has 0 aromatic carbocycles. The summed E-state index contributed by atoms with van der Waals surface area (Å²) >= 11 is 6.17. The Balaban J connectivity index is 2.31. The highest BCUT2D eigenvalue weighted by atomic mass is 35.5. The van der Waals surface area contributed by atoms with Crippen LogP contribution in [0.5, 0.6) is 0 Å². The predicted octanol–water partition coefficient (Wildman–Crippen LogP) is 2.93. The van der Waals surface area contributed by atoms with Crippen LogP contribution in [-0.4, -0.2) is 19.6 Å². The van der Waals surface area contributed by atoms with Gasteiger partial charge in [-0.3, -0.25) is 0 Å². The Morgan fingerprint density at radius 3 is 2.80 bits per heavy atom. The maximum atomic E-state index is 9.05. The van der Waals surface area contributed by atoms with Gasteiger partial charge in [-0.1, -0.05) is 11.6 Å². The zero-order chi connectivity index (χ0) is 14.3. The summed E-state index contributed by atoms with van der Waals surface area (Å²) in [5.41, 5.74) is 3.73. The standard InChI is InChI=1S/C14H10ClN5/c1-8-10(5-16)3-4-13-11(6-18-20(8)13)14-12(15)7-17-9(2)19-14/h3-4,6-7H,1-2H3. The quantitative estimate of drug-likeness (QED) is 0.688. The van der Waals surface area contributed by atoms with Crippen molar-refractivity contribution >= 4 is 17.1 Å². The largest absolute Gasteiger partial charge is 0.240 e. The first-order valence-corrected chi connectivity index (χ1v) is 6.36. The van der Waals surface area contributed by atoms with Crippen LogP contribution in [0.25, 0.3) is 16.8 Å². The van der Waals surface area contributed by atoms with Crippen LogP contribution in [0.2, 0.25) is 5.02 Å². The van der Waals surface area contributed by atoms with E-state index in [9.17, 15) is 0 Å². The van der Waals surface area contributed by atoms with Gasteiger partial charge < -0.3 is 0 Å². The Hall–Kier alpha value is -2.45. The molecule has 3 aromatic heterocycles. The maximum Gasteiger partial charge on any atom is 0.126 e. The third kappa shape index (κ3) is 1.82. The second-order valence-electron chi connectivity index (χ2n) is 4.41. The van der Waals surface area contributed by atoms with E-state index in [0.29, 0.717) is 22.1 Å². The van der Waals surface area contributed by atoms with Crippen LogP contribution in [0.1, 0.15) is 17.1 Å². The summed E-state index contributed by atoms with van der Waals surface area (Å²) < 4.78 is 1.72. The lowest BCUT2D eigenvalue weighted by molar-refractivity contribution is 0.910. The van der Waals surface area contributed by atoms with E-state index in [1.165, 1.54) is 0 Å². The SMILES string of the molecule is Cc1ncc(Cl)c(-c2cnn3c(C)c(C#N)ccc23)n1. The molecule has 20 heavy (non-hydrogen) atoms. The monoisotopic (exact) mass is 283 g/mol. The first-order chi connectivity index (χ1) is 9.61. The van der Waals surface area contributed by atoms with E-state index in [-0.39, 0.29) is 0 Å². The molecule has 0 N–H and O–H groups in total. The number of aromatic nitrogens is 4. The van der Waals surface area contributed by atoms with Crippen molar-refractivity contribution in [2.24, 2.45) is 0 Å². The number of nitrogens with zero attached hydrogens (tertiary/aromatic N) is 5. The van der Waals surface area contributed by atoms with Crippen LogP contribution in [0, 0.1) is 25.2 Å². The second kappa shape index (κ2) is 4.58. The number of hydrogen-bond acceptors (Lipinski definition) is 4. The van der Waals surface area contributed by atoms with Crippen molar-refractivity contribution in [2.75, 3.05) is 0 Å². The molecule has 0 aliphatic heterocycles. The molecule has 5 nitrogen and oxygen atoms in total. The number of pyridine rings is 1. The Morgan fingerprint density at radius 2 is 2.05 bits per heavy atom. The van der Waals surface area contributed by atoms with Crippen molar-refractivity contribution in [3.63, 3.8) is 0 Å². The molecule has 0 spiro atoms. The topological polar surface area (TPSA) is 66.9 Å². The summed E-state index contributed by atoms with van der Waals surface area (Å²) in [6.07, 6.45) is 3.29. The van der Waals surface area contributed by atoms with Crippen LogP contribution in [0.15, 0.2) is 24.5 Å². The van der Waals surface area contributed by atoms with Crippen LogP contribution < -0.4 is 0 Å². The van der Waals surface area contributed by atoms with Gasteiger partial charge in [0.25, 0.3) is 0 Å². The van der Waals surface area contributed by atoms with E-state index in [4.69, 9.17) is 16.9 Å². The minimum Gasteiger partial charge on any atom is -0.240 e. The molecule has 6 heteroatoms. The molecule has 0 fully saturated rings. The second-order valence-corrected chi connectivity index (χ2v) is 4.82. The zero-order valence-electron chi connectivity index (χ0n) is 10.9. The number of aryl methyl sites for hydroxylation is 2. The highest BCUT2D eigenvalue weighted by Gasteiger charge is 2.14. The van der Waals surface area contributed by atoms with Crippen LogP contribution in [0.3, 0.4) is 0 Å². The average molecular weight is 284 g/mol. The Labute approximate surface area is 120 Å². The third-order valence-electron chi connectivity index (χ3n) is 3.16. The van der Waals surface area contributed by atoms with Gasteiger partial charge in [-0.25, -0.2) is 14.5 Å². The lowest BCUT2D eigenvalue weighted by Gasteiger charge is -2.04. The molecule has 0 atom stereocenters. The van der Waals surface area contributed by atoms with E-state index in [1.807, 2.05) is 19.9 Å². The molecule has 0 bridgehead atoms. The van der Waals surface area contributed by atoms with Crippen LogP contribution >= 0.6 is 11.6 Å². The average Bonchev–Trinajstić information content (AvgIpc) is 2.86. The zero-order valence-corrected chi connectivity index (χ0v) is 11.7. The van der Waals surface area contributed by atoms with E-state index in [2.05, 4.69) is 21.1 Å². The fourth-order valence-electron chi connectivity index (χ4n) is 2.13. The van der Waals surface area contributed by atoms with Gasteiger partial charge in [0.15, 0.2) is 0 Å². The lowest BCUT2D eigenvalue weighted by Crippen LogP contribution is -1.97. The van der Waals surface area contributed by atoms with Gasteiger partial charge in [0.1, 0.15) is 11.9 Å². The van der Waals surface area contributed by atoms with Crippen molar-refractivity contribution in [2.45, 2.75) is 13.8 Å². The fourth-order valence-corrected chi connectivity index (χ4v) is 2.32. The molecule has 0 unspecified atom stereocenters. The third-order valence-corrected chi connectivity index (χ3v) is 3.44. The summed E-state index contributed by atoms with van der Waals surface area (Å²) in [6.45, 7) is 3.67. The molecule has 0 amide bonds. The van der Waals surface area contributed by atoms with Gasteiger partial charge in [0, 0.05) is 11.8 Å². The van der Waals surface area contributed by atoms with Crippen molar-refractivity contribution in [3.05, 3.63) is 46.6 Å². The Bertz CT molecular complexity index is 860. The smallest absolute Gasteiger partial charge is 0.126 e. The normalized spacial score (nSPS) is 10.7. The van der Waals surface area contributed by atoms with Crippen molar-refractivity contribution in [1.29, 1.82) is 5.26 Å². The highest BCUT2D eigenvalue weighted by Crippen LogP contribution is 2.29. The van der Waals surface area contributed by atoms with E-state index >= 15 is 0 Å². The summed E-state index contributed by atoms with van der Waals surface area (Å²) in [6, 6.07) is 5.77. The van der Waals surface area contributed by atoms with E-state index in [0.717, 1.165) is 16.8 Å². The summed E-state index contributed by atoms with van der Waals surface area (Å²) in [7, 11) is 0. The summed E-state index contributed by atoms with van der Waals surface area (Å²) in [4.78, 5) is 8.44. The van der Waals surface area contributed by atoms with E-state index in [1.54, 1.807) is 23.0 Å². The molecule has 98 valence electrons. The summed E-state index contributed by atoms with van der Waals surface area (Å²) in [5, 5.41) is 13.8. The molecule has 3 aromatic rings. The minimum atomic E-state index is 0.479. The molecule has 0 aliphatic rings. The van der Waals surface area contributed by atoms with Crippen molar-refractivity contribution < 1.29 is 0 Å². The first-order valence-electron chi connectivity index (χ1n) is 5.99. The Kier molecular flexibility index (Phi) is 2.88. The Morgan fingerprint density at radius 1 is 1.25 bits per heavy atom. The van der Waals surface area contributed by atoms with E-state index < -0.39 is 0 Å². The number of halogens is 1.